The predicted molar refractivity (Wildman–Crippen MR) is 371 cm³/mol. The van der Waals surface area contributed by atoms with Crippen molar-refractivity contribution in [3.63, 3.8) is 0 Å². The number of benzene rings is 8. The standard InChI is InChI=1S/C80H100N2O7/c1-5-9-13-17-21-25-61-83-71-41-29-65(30-42-71)81(66-31-43-72(44-32-66)84-62-26-22-18-14-10-6-2)69-37-49-75(50-38-69)87-77-53-57-79(58-54-77)89-80-59-55-78(56-60-80)88-76-51-39-70(40-52-76)82(67-33-45-73(46-34-67)85-63-27-23-19-15-11-7-3)68-35-47-74(48-36-68)86-64-28-24-20-16-12-8-4/h29-60H,5-28,61-64H2,1-4H3. The smallest absolute Gasteiger partial charge is 0.127 e. The van der Waals surface area contributed by atoms with Crippen LogP contribution >= 0.6 is 0 Å². The summed E-state index contributed by atoms with van der Waals surface area (Å²) < 4.78 is 43.7. The molecule has 0 aliphatic carbocycles. The van der Waals surface area contributed by atoms with Gasteiger partial charge < -0.3 is 43.0 Å². The molecule has 0 spiro atoms. The first-order valence-electron chi connectivity index (χ1n) is 33.9. The number of ether oxygens (including phenoxy) is 7. The van der Waals surface area contributed by atoms with E-state index in [9.17, 15) is 0 Å². The van der Waals surface area contributed by atoms with E-state index < -0.39 is 0 Å². The molecular weight excluding hydrogens is 1100 g/mol. The van der Waals surface area contributed by atoms with Gasteiger partial charge in [0.1, 0.15) is 57.5 Å². The molecule has 8 aromatic carbocycles. The maximum Gasteiger partial charge on any atom is 0.127 e. The molecule has 9 nitrogen and oxygen atoms in total. The maximum absolute atomic E-state index is 6.37. The van der Waals surface area contributed by atoms with Crippen molar-refractivity contribution in [3.8, 4) is 57.5 Å². The molecule has 472 valence electrons. The van der Waals surface area contributed by atoms with Crippen LogP contribution in [0, 0.1) is 0 Å². The number of unbranched alkanes of at least 4 members (excludes halogenated alkanes) is 20. The molecule has 89 heavy (non-hydrogen) atoms. The van der Waals surface area contributed by atoms with Gasteiger partial charge >= 0.3 is 0 Å². The predicted octanol–water partition coefficient (Wildman–Crippen LogP) is 25.0. The zero-order chi connectivity index (χ0) is 61.8. The lowest BCUT2D eigenvalue weighted by molar-refractivity contribution is 0.304. The Morgan fingerprint density at radius 1 is 0.180 bits per heavy atom. The van der Waals surface area contributed by atoms with Crippen LogP contribution in [-0.2, 0) is 0 Å². The van der Waals surface area contributed by atoms with Crippen LogP contribution in [0.4, 0.5) is 34.1 Å². The Kier molecular flexibility index (Phi) is 29.4. The van der Waals surface area contributed by atoms with E-state index in [2.05, 4.69) is 159 Å². The lowest BCUT2D eigenvalue weighted by atomic mass is 10.1. The highest BCUT2D eigenvalue weighted by molar-refractivity contribution is 5.78. The molecule has 0 saturated carbocycles. The Morgan fingerprint density at radius 2 is 0.326 bits per heavy atom. The minimum absolute atomic E-state index is 0.695. The fraction of sp³-hybridized carbons (Fsp3) is 0.400. The molecule has 9 heteroatoms. The van der Waals surface area contributed by atoms with Gasteiger partial charge in [0.15, 0.2) is 0 Å². The minimum Gasteiger partial charge on any atom is -0.494 e. The van der Waals surface area contributed by atoms with Crippen LogP contribution in [0.2, 0.25) is 0 Å². The van der Waals surface area contributed by atoms with Gasteiger partial charge in [0.05, 0.1) is 26.4 Å². The third kappa shape index (κ3) is 23.4. The van der Waals surface area contributed by atoms with Crippen molar-refractivity contribution in [1.82, 2.24) is 0 Å². The second kappa shape index (κ2) is 39.1. The molecule has 0 bridgehead atoms. The third-order valence-corrected chi connectivity index (χ3v) is 16.0. The summed E-state index contributed by atoms with van der Waals surface area (Å²) in [6.07, 6.45) is 29.7. The summed E-state index contributed by atoms with van der Waals surface area (Å²) in [5.74, 6) is 7.79. The summed E-state index contributed by atoms with van der Waals surface area (Å²) >= 11 is 0. The molecule has 0 fully saturated rings. The average Bonchev–Trinajstić information content (AvgIpc) is 1.82. The molecular formula is C80H100N2O7. The SMILES string of the molecule is CCCCCCCCOc1ccc(N(c2ccc(OCCCCCCCC)cc2)c2ccc(Oc3ccc(Oc4ccc(Oc5ccc(N(c6ccc(OCCCCCCCC)cc6)c6ccc(OCCCCCCCC)cc6)cc5)cc4)cc3)cc2)cc1. The maximum atomic E-state index is 6.37. The number of hydrogen-bond donors (Lipinski definition) is 0. The summed E-state index contributed by atoms with van der Waals surface area (Å²) in [5, 5.41) is 0. The Balaban J connectivity index is 0.857. The van der Waals surface area contributed by atoms with Crippen LogP contribution in [0.15, 0.2) is 194 Å². The van der Waals surface area contributed by atoms with Gasteiger partial charge in [-0.2, -0.15) is 0 Å². The van der Waals surface area contributed by atoms with E-state index in [0.29, 0.717) is 23.0 Å². The van der Waals surface area contributed by atoms with E-state index in [1.807, 2.05) is 72.8 Å². The molecule has 0 unspecified atom stereocenters. The van der Waals surface area contributed by atoms with Gasteiger partial charge in [-0.25, -0.2) is 0 Å². The molecule has 8 rings (SSSR count). The van der Waals surface area contributed by atoms with E-state index in [-0.39, 0.29) is 0 Å². The summed E-state index contributed by atoms with van der Waals surface area (Å²) in [7, 11) is 0. The van der Waals surface area contributed by atoms with E-state index >= 15 is 0 Å². The fourth-order valence-electron chi connectivity index (χ4n) is 10.8. The molecule has 0 saturated heterocycles. The monoisotopic (exact) mass is 1200 g/mol. The van der Waals surface area contributed by atoms with Crippen LogP contribution in [0.3, 0.4) is 0 Å². The van der Waals surface area contributed by atoms with Crippen LogP contribution < -0.4 is 43.0 Å². The first-order valence-corrected chi connectivity index (χ1v) is 33.9. The fourth-order valence-corrected chi connectivity index (χ4v) is 10.8. The third-order valence-electron chi connectivity index (χ3n) is 16.0. The number of nitrogens with zero attached hydrogens (tertiary/aromatic N) is 2. The summed E-state index contributed by atoms with van der Waals surface area (Å²) in [6.45, 7) is 11.9. The van der Waals surface area contributed by atoms with Crippen molar-refractivity contribution in [2.75, 3.05) is 36.2 Å². The lowest BCUT2D eigenvalue weighted by Gasteiger charge is -2.26. The van der Waals surface area contributed by atoms with Crippen LogP contribution in [0.5, 0.6) is 57.5 Å². The first kappa shape index (κ1) is 66.9. The zero-order valence-electron chi connectivity index (χ0n) is 54.0. The summed E-state index contributed by atoms with van der Waals surface area (Å²) in [5.41, 5.74) is 6.13. The van der Waals surface area contributed by atoms with Gasteiger partial charge in [0.25, 0.3) is 0 Å². The Bertz CT molecular complexity index is 2780. The van der Waals surface area contributed by atoms with Gasteiger partial charge in [0, 0.05) is 34.1 Å². The second-order valence-corrected chi connectivity index (χ2v) is 23.3. The van der Waals surface area contributed by atoms with Crippen LogP contribution in [-0.4, -0.2) is 26.4 Å². The summed E-state index contributed by atoms with van der Waals surface area (Å²) in [6, 6.07) is 65.4. The quantitative estimate of drug-likeness (QED) is 0.0347. The van der Waals surface area contributed by atoms with E-state index in [1.165, 1.54) is 128 Å². The Labute approximate surface area is 534 Å². The largest absolute Gasteiger partial charge is 0.494 e. The van der Waals surface area contributed by atoms with Crippen molar-refractivity contribution in [2.24, 2.45) is 0 Å². The van der Waals surface area contributed by atoms with Gasteiger partial charge in [-0.3, -0.25) is 0 Å². The zero-order valence-corrected chi connectivity index (χ0v) is 54.0. The van der Waals surface area contributed by atoms with Crippen LogP contribution in [0.1, 0.15) is 182 Å². The van der Waals surface area contributed by atoms with E-state index in [0.717, 1.165) is 121 Å². The van der Waals surface area contributed by atoms with Gasteiger partial charge in [-0.15, -0.1) is 0 Å². The van der Waals surface area contributed by atoms with E-state index in [1.54, 1.807) is 0 Å². The average molecular weight is 1200 g/mol. The van der Waals surface area contributed by atoms with Gasteiger partial charge in [-0.05, 0) is 220 Å². The topological polar surface area (TPSA) is 71.1 Å². The molecule has 0 amide bonds. The molecule has 0 aromatic heterocycles. The van der Waals surface area contributed by atoms with Crippen LogP contribution in [0.25, 0.3) is 0 Å². The van der Waals surface area contributed by atoms with Crippen molar-refractivity contribution in [2.45, 2.75) is 182 Å². The Morgan fingerprint density at radius 3 is 0.506 bits per heavy atom. The number of hydrogen-bond acceptors (Lipinski definition) is 9. The Hall–Kier alpha value is -8.04. The molecule has 0 N–H and O–H groups in total. The highest BCUT2D eigenvalue weighted by atomic mass is 16.5. The molecule has 0 heterocycles. The number of anilines is 6. The molecule has 0 aliphatic rings. The van der Waals surface area contributed by atoms with E-state index in [4.69, 9.17) is 33.2 Å². The highest BCUT2D eigenvalue weighted by Crippen LogP contribution is 2.40. The van der Waals surface area contributed by atoms with Gasteiger partial charge in [0.2, 0.25) is 0 Å². The normalized spacial score (nSPS) is 11.1. The molecule has 8 aromatic rings. The van der Waals surface area contributed by atoms with Crippen molar-refractivity contribution < 1.29 is 33.2 Å². The lowest BCUT2D eigenvalue weighted by Crippen LogP contribution is -2.10. The minimum atomic E-state index is 0.695. The first-order chi connectivity index (χ1) is 44.0. The second-order valence-electron chi connectivity index (χ2n) is 23.3. The van der Waals surface area contributed by atoms with Crippen molar-refractivity contribution >= 4 is 34.1 Å². The molecule has 0 radical (unpaired) electrons. The molecule has 0 atom stereocenters. The van der Waals surface area contributed by atoms with Crippen molar-refractivity contribution in [3.05, 3.63) is 194 Å². The molecule has 0 aliphatic heterocycles. The van der Waals surface area contributed by atoms with Gasteiger partial charge in [-0.1, -0.05) is 156 Å². The summed E-state index contributed by atoms with van der Waals surface area (Å²) in [4.78, 5) is 4.50. The van der Waals surface area contributed by atoms with Crippen molar-refractivity contribution in [1.29, 1.82) is 0 Å². The highest BCUT2D eigenvalue weighted by Gasteiger charge is 2.17. The number of rotatable bonds is 44.